The van der Waals surface area contributed by atoms with Gasteiger partial charge in [0.05, 0.1) is 17.5 Å². The first-order valence-electron chi connectivity index (χ1n) is 9.58. The second kappa shape index (κ2) is 8.82. The zero-order valence-corrected chi connectivity index (χ0v) is 18.1. The van der Waals surface area contributed by atoms with Crippen molar-refractivity contribution in [2.45, 2.75) is 43.9 Å². The molecule has 1 amide bonds. The number of carbonyl (C=O) groups is 2. The van der Waals surface area contributed by atoms with Gasteiger partial charge in [-0.2, -0.15) is 0 Å². The number of ether oxygens (including phenoxy) is 1. The molecule has 5 nitrogen and oxygen atoms in total. The van der Waals surface area contributed by atoms with Crippen LogP contribution in [0.4, 0.5) is 5.69 Å². The molecule has 2 atom stereocenters. The molecular formula is C23H26N2O3S. The lowest BCUT2D eigenvalue weighted by molar-refractivity contribution is -0.152. The molecule has 0 aliphatic carbocycles. The molecule has 2 aromatic rings. The molecule has 0 saturated heterocycles. The number of hydrogen-bond acceptors (Lipinski definition) is 5. The topological polar surface area (TPSA) is 59.0 Å². The van der Waals surface area contributed by atoms with Crippen molar-refractivity contribution in [1.82, 2.24) is 0 Å². The molecule has 0 fully saturated rings. The number of rotatable bonds is 5. The van der Waals surface area contributed by atoms with Gasteiger partial charge in [-0.05, 0) is 44.2 Å². The summed E-state index contributed by atoms with van der Waals surface area (Å²) in [6.07, 6.45) is -0.921. The zero-order chi connectivity index (χ0) is 21.1. The third-order valence-corrected chi connectivity index (χ3v) is 6.50. The highest BCUT2D eigenvalue weighted by Crippen LogP contribution is 2.49. The molecule has 0 bridgehead atoms. The first-order valence-corrected chi connectivity index (χ1v) is 10.5. The van der Waals surface area contributed by atoms with Gasteiger partial charge in [0, 0.05) is 18.4 Å². The Morgan fingerprint density at radius 1 is 1.21 bits per heavy atom. The van der Waals surface area contributed by atoms with Crippen molar-refractivity contribution in [3.8, 4) is 0 Å². The number of benzene rings is 2. The highest BCUT2D eigenvalue weighted by molar-refractivity contribution is 7.99. The van der Waals surface area contributed by atoms with Gasteiger partial charge >= 0.3 is 5.97 Å². The van der Waals surface area contributed by atoms with E-state index < -0.39 is 12.1 Å². The van der Waals surface area contributed by atoms with Gasteiger partial charge in [0.2, 0.25) is 0 Å². The summed E-state index contributed by atoms with van der Waals surface area (Å²) in [7, 11) is 0. The molecule has 0 spiro atoms. The number of esters is 1. The first-order chi connectivity index (χ1) is 13.8. The minimum Gasteiger partial charge on any atom is -0.451 e. The second-order valence-electron chi connectivity index (χ2n) is 7.30. The summed E-state index contributed by atoms with van der Waals surface area (Å²) in [6.45, 7) is 11.7. The highest BCUT2D eigenvalue weighted by Gasteiger charge is 2.41. The minimum atomic E-state index is -0.921. The third kappa shape index (κ3) is 4.37. The largest absolute Gasteiger partial charge is 0.451 e. The van der Waals surface area contributed by atoms with Gasteiger partial charge in [0.25, 0.3) is 5.91 Å². The number of anilines is 1. The minimum absolute atomic E-state index is 0.227. The molecule has 0 N–H and O–H groups in total. The molecule has 0 radical (unpaired) electrons. The van der Waals surface area contributed by atoms with Gasteiger partial charge < -0.3 is 9.64 Å². The van der Waals surface area contributed by atoms with Crippen molar-refractivity contribution in [2.75, 3.05) is 18.0 Å². The Kier molecular flexibility index (Phi) is 6.42. The van der Waals surface area contributed by atoms with Gasteiger partial charge in [-0.3, -0.25) is 14.6 Å². The van der Waals surface area contributed by atoms with Crippen LogP contribution in [0.25, 0.3) is 0 Å². The van der Waals surface area contributed by atoms with E-state index in [0.717, 1.165) is 32.8 Å². The lowest BCUT2D eigenvalue weighted by Gasteiger charge is -2.28. The number of fused-ring (bicyclic) bond motifs is 1. The normalized spacial score (nSPS) is 18.8. The molecule has 1 aliphatic heterocycles. The summed E-state index contributed by atoms with van der Waals surface area (Å²) >= 11 is 1.59. The highest BCUT2D eigenvalue weighted by atomic mass is 32.2. The number of amides is 1. The van der Waals surface area contributed by atoms with Crippen molar-refractivity contribution in [3.63, 3.8) is 0 Å². The van der Waals surface area contributed by atoms with Crippen molar-refractivity contribution < 1.29 is 14.3 Å². The van der Waals surface area contributed by atoms with Crippen LogP contribution in [0.3, 0.4) is 0 Å². The number of nitrogens with zero attached hydrogens (tertiary/aromatic N) is 2. The van der Waals surface area contributed by atoms with E-state index in [2.05, 4.69) is 17.8 Å². The lowest BCUT2D eigenvalue weighted by Crippen LogP contribution is -2.44. The number of thioether (sulfide) groups is 1. The standard InChI is InChI=1S/C23H26N2O3S/c1-14-7-6-8-18(13-14)22-20(28-17(4)26)23(27)25(12-11-24-5)19-15(2)9-10-16(3)21(19)29-22/h6-10,13,20,22H,5,11-12H2,1-4H3/t20?,22-/m0/s1. The van der Waals surface area contributed by atoms with E-state index in [1.54, 1.807) is 16.7 Å². The fourth-order valence-electron chi connectivity index (χ4n) is 3.61. The maximum Gasteiger partial charge on any atom is 0.303 e. The third-order valence-electron chi connectivity index (χ3n) is 4.97. The van der Waals surface area contributed by atoms with Gasteiger partial charge in [-0.1, -0.05) is 42.0 Å². The van der Waals surface area contributed by atoms with Crippen molar-refractivity contribution in [1.29, 1.82) is 0 Å². The zero-order valence-electron chi connectivity index (χ0n) is 17.3. The van der Waals surface area contributed by atoms with Crippen LogP contribution >= 0.6 is 11.8 Å². The average molecular weight is 411 g/mol. The lowest BCUT2D eigenvalue weighted by atomic mass is 10.0. The van der Waals surface area contributed by atoms with Crippen LogP contribution < -0.4 is 4.90 Å². The number of aliphatic imine (C=N–C) groups is 1. The Morgan fingerprint density at radius 2 is 1.93 bits per heavy atom. The maximum atomic E-state index is 13.7. The van der Waals surface area contributed by atoms with Crippen molar-refractivity contribution >= 4 is 36.0 Å². The summed E-state index contributed by atoms with van der Waals surface area (Å²) in [5.74, 6) is -0.696. The second-order valence-corrected chi connectivity index (χ2v) is 8.45. The Morgan fingerprint density at radius 3 is 2.59 bits per heavy atom. The van der Waals surface area contributed by atoms with Crippen LogP contribution in [-0.2, 0) is 14.3 Å². The molecule has 0 aromatic heterocycles. The Labute approximate surface area is 176 Å². The van der Waals surface area contributed by atoms with Gasteiger partial charge in [-0.15, -0.1) is 11.8 Å². The predicted octanol–water partition coefficient (Wildman–Crippen LogP) is 4.42. The fraction of sp³-hybridized carbons (Fsp3) is 0.348. The number of hydrogen-bond donors (Lipinski definition) is 0. The molecule has 3 rings (SSSR count). The van der Waals surface area contributed by atoms with E-state index in [4.69, 9.17) is 4.74 Å². The van der Waals surface area contributed by atoms with Crippen molar-refractivity contribution in [2.24, 2.45) is 4.99 Å². The van der Waals surface area contributed by atoms with Crippen LogP contribution in [-0.4, -0.2) is 37.8 Å². The summed E-state index contributed by atoms with van der Waals surface area (Å²) < 4.78 is 5.61. The van der Waals surface area contributed by atoms with Crippen LogP contribution in [0.5, 0.6) is 0 Å². The van der Waals surface area contributed by atoms with E-state index in [9.17, 15) is 9.59 Å². The monoisotopic (exact) mass is 410 g/mol. The van der Waals surface area contributed by atoms with E-state index >= 15 is 0 Å². The average Bonchev–Trinajstić information content (AvgIpc) is 2.79. The summed E-state index contributed by atoms with van der Waals surface area (Å²) in [4.78, 5) is 32.2. The number of aryl methyl sites for hydroxylation is 3. The first kappa shape index (κ1) is 21.1. The molecule has 6 heteroatoms. The van der Waals surface area contributed by atoms with E-state index in [1.165, 1.54) is 6.92 Å². The van der Waals surface area contributed by atoms with Crippen LogP contribution in [0.15, 0.2) is 46.3 Å². The SMILES string of the molecule is C=NCCN1C(=O)C(OC(C)=O)[C@H](c2cccc(C)c2)Sc2c(C)ccc(C)c21. The summed E-state index contributed by atoms with van der Waals surface area (Å²) in [5.41, 5.74) is 5.01. The van der Waals surface area contributed by atoms with E-state index in [1.807, 2.05) is 51.1 Å². The smallest absolute Gasteiger partial charge is 0.303 e. The summed E-state index contributed by atoms with van der Waals surface area (Å²) in [6, 6.07) is 12.1. The fourth-order valence-corrected chi connectivity index (χ4v) is 5.08. The Balaban J connectivity index is 2.21. The molecule has 29 heavy (non-hydrogen) atoms. The van der Waals surface area contributed by atoms with Gasteiger partial charge in [0.1, 0.15) is 0 Å². The van der Waals surface area contributed by atoms with Gasteiger partial charge in [-0.25, -0.2) is 0 Å². The Hall–Kier alpha value is -2.60. The maximum absolute atomic E-state index is 13.7. The van der Waals surface area contributed by atoms with Crippen LogP contribution in [0.2, 0.25) is 0 Å². The predicted molar refractivity (Wildman–Crippen MR) is 118 cm³/mol. The molecule has 1 heterocycles. The molecule has 152 valence electrons. The molecule has 1 aliphatic rings. The molecule has 1 unspecified atom stereocenters. The van der Waals surface area contributed by atoms with Gasteiger partial charge in [0.15, 0.2) is 6.10 Å². The van der Waals surface area contributed by atoms with E-state index in [-0.39, 0.29) is 11.2 Å². The van der Waals surface area contributed by atoms with Crippen LogP contribution in [0.1, 0.15) is 34.4 Å². The number of carbonyl (C=O) groups excluding carboxylic acids is 2. The molecule has 2 aromatic carbocycles. The summed E-state index contributed by atoms with van der Waals surface area (Å²) in [5, 5.41) is -0.341. The van der Waals surface area contributed by atoms with Crippen molar-refractivity contribution in [3.05, 3.63) is 58.7 Å². The Bertz CT molecular complexity index is 957. The molecular weight excluding hydrogens is 384 g/mol. The molecule has 0 saturated carbocycles. The van der Waals surface area contributed by atoms with Crippen LogP contribution in [0, 0.1) is 20.8 Å². The van der Waals surface area contributed by atoms with E-state index in [0.29, 0.717) is 13.1 Å². The quantitative estimate of drug-likeness (QED) is 0.541.